The third-order valence-electron chi connectivity index (χ3n) is 4.15. The first-order chi connectivity index (χ1) is 10.5. The maximum Gasteiger partial charge on any atom is 0.166 e. The Morgan fingerprint density at radius 1 is 1.23 bits per heavy atom. The quantitative estimate of drug-likeness (QED) is 0.714. The van der Waals surface area contributed by atoms with Gasteiger partial charge in [-0.25, -0.2) is 8.78 Å². The largest absolute Gasteiger partial charge is 0.453 e. The van der Waals surface area contributed by atoms with Gasteiger partial charge in [0.25, 0.3) is 0 Å². The van der Waals surface area contributed by atoms with E-state index in [1.165, 1.54) is 0 Å². The van der Waals surface area contributed by atoms with E-state index in [4.69, 9.17) is 4.74 Å². The lowest BCUT2D eigenvalue weighted by atomic mass is 9.96. The average Bonchev–Trinajstić information content (AvgIpc) is 2.49. The molecule has 22 heavy (non-hydrogen) atoms. The minimum absolute atomic E-state index is 0.102. The van der Waals surface area contributed by atoms with Crippen LogP contribution in [0, 0.1) is 11.6 Å². The molecule has 3 rings (SSSR count). The van der Waals surface area contributed by atoms with Crippen molar-refractivity contribution in [2.45, 2.75) is 25.8 Å². The van der Waals surface area contributed by atoms with Crippen LogP contribution in [0.15, 0.2) is 34.8 Å². The van der Waals surface area contributed by atoms with Gasteiger partial charge in [-0.3, -0.25) is 0 Å². The highest BCUT2D eigenvalue weighted by Gasteiger charge is 2.25. The first kappa shape index (κ1) is 15.3. The van der Waals surface area contributed by atoms with Gasteiger partial charge in [-0.2, -0.15) is 0 Å². The van der Waals surface area contributed by atoms with E-state index in [-0.39, 0.29) is 5.75 Å². The number of hydrogen-bond donors (Lipinski definition) is 0. The van der Waals surface area contributed by atoms with Crippen molar-refractivity contribution >= 4 is 21.6 Å². The molecular weight excluding hydrogens is 352 g/mol. The van der Waals surface area contributed by atoms with E-state index in [2.05, 4.69) is 27.8 Å². The van der Waals surface area contributed by atoms with Crippen LogP contribution in [0.4, 0.5) is 14.5 Å². The normalized spacial score (nSPS) is 17.3. The van der Waals surface area contributed by atoms with Crippen LogP contribution in [0.1, 0.15) is 18.9 Å². The predicted molar refractivity (Wildman–Crippen MR) is 86.8 cm³/mol. The van der Waals surface area contributed by atoms with Gasteiger partial charge in [-0.05, 0) is 60.0 Å². The van der Waals surface area contributed by atoms with Crippen molar-refractivity contribution in [1.29, 1.82) is 0 Å². The Hall–Kier alpha value is -1.62. The van der Waals surface area contributed by atoms with Crippen molar-refractivity contribution in [2.24, 2.45) is 0 Å². The van der Waals surface area contributed by atoms with Crippen molar-refractivity contribution in [2.75, 3.05) is 11.9 Å². The molecule has 1 unspecified atom stereocenters. The molecule has 0 aromatic heterocycles. The Kier molecular flexibility index (Phi) is 4.08. The molecule has 0 radical (unpaired) electrons. The Bertz CT molecular complexity index is 720. The molecule has 1 aliphatic heterocycles. The van der Waals surface area contributed by atoms with Crippen LogP contribution in [-0.4, -0.2) is 13.1 Å². The van der Waals surface area contributed by atoms with Gasteiger partial charge < -0.3 is 9.64 Å². The summed E-state index contributed by atoms with van der Waals surface area (Å²) in [4.78, 5) is 2.18. The summed E-state index contributed by atoms with van der Waals surface area (Å²) in [5.74, 6) is -0.650. The summed E-state index contributed by atoms with van der Waals surface area (Å²) >= 11 is 3.45. The molecule has 0 bridgehead atoms. The molecule has 1 atom stereocenters. The summed E-state index contributed by atoms with van der Waals surface area (Å²) < 4.78 is 33.6. The second kappa shape index (κ2) is 5.88. The number of anilines is 1. The lowest BCUT2D eigenvalue weighted by Gasteiger charge is -2.35. The van der Waals surface area contributed by atoms with E-state index in [1.54, 1.807) is 0 Å². The van der Waals surface area contributed by atoms with Crippen molar-refractivity contribution in [3.05, 3.63) is 52.0 Å². The molecule has 2 nitrogen and oxygen atoms in total. The Balaban J connectivity index is 2.06. The molecule has 1 aliphatic rings. The second-order valence-electron chi connectivity index (χ2n) is 5.55. The molecule has 116 valence electrons. The maximum absolute atomic E-state index is 13.8. The van der Waals surface area contributed by atoms with E-state index >= 15 is 0 Å². The first-order valence-electron chi connectivity index (χ1n) is 7.14. The zero-order chi connectivity index (χ0) is 15.9. The molecule has 5 heteroatoms. The van der Waals surface area contributed by atoms with Crippen LogP contribution in [0.5, 0.6) is 11.5 Å². The Labute approximate surface area is 136 Å². The monoisotopic (exact) mass is 367 g/mol. The predicted octanol–water partition coefficient (Wildman–Crippen LogP) is 5.29. The minimum atomic E-state index is -0.580. The Morgan fingerprint density at radius 2 is 2.00 bits per heavy atom. The number of ether oxygens (including phenoxy) is 1. The number of fused-ring (bicyclic) bond motifs is 1. The molecular formula is C17H16BrF2NO. The highest BCUT2D eigenvalue weighted by Crippen LogP contribution is 2.42. The van der Waals surface area contributed by atoms with Crippen LogP contribution in [0.25, 0.3) is 0 Å². The van der Waals surface area contributed by atoms with Gasteiger partial charge in [0.1, 0.15) is 11.6 Å². The van der Waals surface area contributed by atoms with Gasteiger partial charge in [0.2, 0.25) is 0 Å². The van der Waals surface area contributed by atoms with E-state index in [1.807, 2.05) is 19.2 Å². The molecule has 0 N–H and O–H groups in total. The minimum Gasteiger partial charge on any atom is -0.453 e. The van der Waals surface area contributed by atoms with Crippen LogP contribution in [0.3, 0.4) is 0 Å². The molecule has 2 aromatic rings. The summed E-state index contributed by atoms with van der Waals surface area (Å²) in [6.45, 7) is 2.16. The lowest BCUT2D eigenvalue weighted by Crippen LogP contribution is -2.33. The highest BCUT2D eigenvalue weighted by atomic mass is 79.9. The third kappa shape index (κ3) is 2.70. The smallest absolute Gasteiger partial charge is 0.166 e. The summed E-state index contributed by atoms with van der Waals surface area (Å²) in [5.41, 5.74) is 2.08. The molecule has 0 saturated carbocycles. The summed E-state index contributed by atoms with van der Waals surface area (Å²) in [5, 5.41) is 0. The fourth-order valence-electron chi connectivity index (χ4n) is 2.72. The van der Waals surface area contributed by atoms with Crippen LogP contribution in [-0.2, 0) is 6.42 Å². The molecule has 0 spiro atoms. The molecule has 0 aliphatic carbocycles. The number of benzene rings is 2. The Morgan fingerprint density at radius 3 is 2.77 bits per heavy atom. The SMILES string of the molecule is CC1CCc2c(ccc(Br)c2Oc2cc(F)ccc2F)N1C. The van der Waals surface area contributed by atoms with Crippen LogP contribution < -0.4 is 9.64 Å². The van der Waals surface area contributed by atoms with E-state index < -0.39 is 11.6 Å². The van der Waals surface area contributed by atoms with Crippen LogP contribution in [0.2, 0.25) is 0 Å². The van der Waals surface area contributed by atoms with Gasteiger partial charge in [-0.15, -0.1) is 0 Å². The standard InChI is InChI=1S/C17H16BrF2NO/c1-10-3-5-12-15(21(10)2)8-6-13(18)17(12)22-16-9-11(19)4-7-14(16)20/h4,6-10H,3,5H2,1-2H3. The molecule has 2 aromatic carbocycles. The summed E-state index contributed by atoms with van der Waals surface area (Å²) in [6.07, 6.45) is 1.83. The van der Waals surface area contributed by atoms with E-state index in [0.29, 0.717) is 11.8 Å². The van der Waals surface area contributed by atoms with Gasteiger partial charge in [0.15, 0.2) is 11.6 Å². The zero-order valence-electron chi connectivity index (χ0n) is 12.4. The number of hydrogen-bond acceptors (Lipinski definition) is 2. The lowest BCUT2D eigenvalue weighted by molar-refractivity contribution is 0.426. The molecule has 0 amide bonds. The maximum atomic E-state index is 13.8. The van der Waals surface area contributed by atoms with E-state index in [9.17, 15) is 8.78 Å². The number of halogens is 3. The van der Waals surface area contributed by atoms with Gasteiger partial charge >= 0.3 is 0 Å². The van der Waals surface area contributed by atoms with Crippen molar-refractivity contribution in [1.82, 2.24) is 0 Å². The number of rotatable bonds is 2. The van der Waals surface area contributed by atoms with Crippen molar-refractivity contribution < 1.29 is 13.5 Å². The molecule has 0 fully saturated rings. The van der Waals surface area contributed by atoms with Crippen molar-refractivity contribution in [3.63, 3.8) is 0 Å². The first-order valence-corrected chi connectivity index (χ1v) is 7.94. The second-order valence-corrected chi connectivity index (χ2v) is 6.40. The molecule has 0 saturated heterocycles. The third-order valence-corrected chi connectivity index (χ3v) is 4.77. The van der Waals surface area contributed by atoms with Gasteiger partial charge in [-0.1, -0.05) is 0 Å². The van der Waals surface area contributed by atoms with Gasteiger partial charge in [0, 0.05) is 30.4 Å². The topological polar surface area (TPSA) is 12.5 Å². The highest BCUT2D eigenvalue weighted by molar-refractivity contribution is 9.10. The summed E-state index contributed by atoms with van der Waals surface area (Å²) in [7, 11) is 2.03. The molecule has 1 heterocycles. The summed E-state index contributed by atoms with van der Waals surface area (Å²) in [6, 6.07) is 7.54. The number of nitrogens with zero attached hydrogens (tertiary/aromatic N) is 1. The average molecular weight is 368 g/mol. The van der Waals surface area contributed by atoms with E-state index in [0.717, 1.165) is 46.8 Å². The zero-order valence-corrected chi connectivity index (χ0v) is 14.0. The van der Waals surface area contributed by atoms with Gasteiger partial charge in [0.05, 0.1) is 4.47 Å². The fraction of sp³-hybridized carbons (Fsp3) is 0.294. The van der Waals surface area contributed by atoms with Crippen molar-refractivity contribution in [3.8, 4) is 11.5 Å². The fourth-order valence-corrected chi connectivity index (χ4v) is 3.17. The van der Waals surface area contributed by atoms with Crippen LogP contribution >= 0.6 is 15.9 Å².